The highest BCUT2D eigenvalue weighted by Crippen LogP contribution is 2.31. The molecule has 0 aliphatic carbocycles. The maximum Gasteiger partial charge on any atom is 0.275 e. The molecule has 9 heteroatoms. The molecule has 1 saturated heterocycles. The van der Waals surface area contributed by atoms with Crippen LogP contribution in [-0.2, 0) is 0 Å². The topological polar surface area (TPSA) is 105 Å². The lowest BCUT2D eigenvalue weighted by Gasteiger charge is -2.33. The number of anilines is 1. The van der Waals surface area contributed by atoms with Gasteiger partial charge in [0.2, 0.25) is 0 Å². The molecule has 2 N–H and O–H groups in total. The number of aryl methyl sites for hydroxylation is 1. The number of hydrogen-bond donors (Lipinski definition) is 2. The van der Waals surface area contributed by atoms with E-state index in [2.05, 4.69) is 44.2 Å². The van der Waals surface area contributed by atoms with E-state index >= 15 is 0 Å². The van der Waals surface area contributed by atoms with Crippen LogP contribution in [0.3, 0.4) is 0 Å². The zero-order valence-corrected chi connectivity index (χ0v) is 20.3. The normalized spacial score (nSPS) is 15.0. The molecule has 5 heterocycles. The number of piperidine rings is 1. The molecule has 35 heavy (non-hydrogen) atoms. The van der Waals surface area contributed by atoms with Gasteiger partial charge in [-0.2, -0.15) is 14.9 Å². The zero-order valence-electron chi connectivity index (χ0n) is 20.3. The lowest BCUT2D eigenvalue weighted by molar-refractivity contribution is 0.102. The molecule has 180 valence electrons. The summed E-state index contributed by atoms with van der Waals surface area (Å²) < 4.78 is 1.72. The zero-order chi connectivity index (χ0) is 24.4. The van der Waals surface area contributed by atoms with Gasteiger partial charge in [0, 0.05) is 36.0 Å². The third-order valence-electron chi connectivity index (χ3n) is 6.54. The first-order chi connectivity index (χ1) is 17.0. The van der Waals surface area contributed by atoms with Crippen molar-refractivity contribution in [2.75, 3.05) is 18.4 Å². The van der Waals surface area contributed by atoms with E-state index in [9.17, 15) is 4.79 Å². The Morgan fingerprint density at radius 1 is 1.14 bits per heavy atom. The number of aromatic nitrogens is 6. The van der Waals surface area contributed by atoms with Crippen molar-refractivity contribution in [3.63, 3.8) is 0 Å². The number of carbonyl (C=O) groups is 1. The summed E-state index contributed by atoms with van der Waals surface area (Å²) in [6.45, 7) is 8.56. The largest absolute Gasteiger partial charge is 0.305 e. The van der Waals surface area contributed by atoms with Crippen LogP contribution < -0.4 is 5.32 Å². The number of aromatic amines is 1. The molecule has 0 saturated carbocycles. The van der Waals surface area contributed by atoms with Crippen molar-refractivity contribution in [2.45, 2.75) is 45.6 Å². The Labute approximate surface area is 204 Å². The highest BCUT2D eigenvalue weighted by molar-refractivity contribution is 6.02. The molecule has 0 atom stereocenters. The first kappa shape index (κ1) is 22.9. The highest BCUT2D eigenvalue weighted by atomic mass is 16.2. The van der Waals surface area contributed by atoms with E-state index in [4.69, 9.17) is 5.10 Å². The van der Waals surface area contributed by atoms with Crippen molar-refractivity contribution in [3.05, 3.63) is 71.9 Å². The van der Waals surface area contributed by atoms with Gasteiger partial charge in [0.05, 0.1) is 17.6 Å². The second kappa shape index (κ2) is 9.79. The van der Waals surface area contributed by atoms with Crippen molar-refractivity contribution in [1.29, 1.82) is 0 Å². The molecule has 1 aliphatic rings. The number of likely N-dealkylation sites (tertiary alicyclic amines) is 1. The van der Waals surface area contributed by atoms with E-state index in [1.165, 1.54) is 0 Å². The summed E-state index contributed by atoms with van der Waals surface area (Å²) in [7, 11) is 0. The van der Waals surface area contributed by atoms with Gasteiger partial charge in [-0.15, -0.1) is 0 Å². The van der Waals surface area contributed by atoms with Gasteiger partial charge in [-0.1, -0.05) is 12.1 Å². The molecule has 4 aromatic heterocycles. The van der Waals surface area contributed by atoms with Crippen molar-refractivity contribution in [3.8, 4) is 17.1 Å². The quantitative estimate of drug-likeness (QED) is 0.438. The monoisotopic (exact) mass is 470 g/mol. The molecule has 0 spiro atoms. The Kier molecular flexibility index (Phi) is 6.41. The van der Waals surface area contributed by atoms with Gasteiger partial charge < -0.3 is 10.2 Å². The lowest BCUT2D eigenvalue weighted by Crippen LogP contribution is -2.37. The van der Waals surface area contributed by atoms with Crippen LogP contribution in [0.4, 0.5) is 5.82 Å². The maximum absolute atomic E-state index is 13.2. The van der Waals surface area contributed by atoms with Crippen LogP contribution in [0, 0.1) is 6.92 Å². The summed E-state index contributed by atoms with van der Waals surface area (Å²) in [6, 6.07) is 11.8. The number of amides is 1. The van der Waals surface area contributed by atoms with Crippen molar-refractivity contribution in [2.24, 2.45) is 0 Å². The number of pyridine rings is 2. The summed E-state index contributed by atoms with van der Waals surface area (Å²) >= 11 is 0. The van der Waals surface area contributed by atoms with Crippen LogP contribution in [0.5, 0.6) is 0 Å². The number of carbonyl (C=O) groups excluding carboxylic acids is 1. The summed E-state index contributed by atoms with van der Waals surface area (Å²) in [6.07, 6.45) is 7.31. The molecule has 4 aromatic rings. The van der Waals surface area contributed by atoms with Crippen molar-refractivity contribution in [1.82, 2.24) is 34.8 Å². The fourth-order valence-corrected chi connectivity index (χ4v) is 4.45. The molecular weight excluding hydrogens is 440 g/mol. The van der Waals surface area contributed by atoms with Gasteiger partial charge in [-0.05, 0) is 70.5 Å². The molecule has 9 nitrogen and oxygen atoms in total. The first-order valence-electron chi connectivity index (χ1n) is 12.0. The Balaban J connectivity index is 1.43. The van der Waals surface area contributed by atoms with Gasteiger partial charge >= 0.3 is 0 Å². The van der Waals surface area contributed by atoms with E-state index in [1.807, 2.05) is 37.3 Å². The molecule has 0 bridgehead atoms. The molecule has 1 fully saturated rings. The van der Waals surface area contributed by atoms with Crippen LogP contribution in [0.25, 0.3) is 17.1 Å². The van der Waals surface area contributed by atoms with Crippen LogP contribution in [-0.4, -0.2) is 59.9 Å². The average molecular weight is 471 g/mol. The molecule has 0 radical (unpaired) electrons. The van der Waals surface area contributed by atoms with Crippen LogP contribution in [0.15, 0.2) is 55.0 Å². The fraction of sp³-hybridized carbons (Fsp3) is 0.346. The molecule has 1 aliphatic heterocycles. The predicted octanol–water partition coefficient (Wildman–Crippen LogP) is 4.20. The maximum atomic E-state index is 13.2. The van der Waals surface area contributed by atoms with E-state index < -0.39 is 0 Å². The predicted molar refractivity (Wildman–Crippen MR) is 135 cm³/mol. The highest BCUT2D eigenvalue weighted by Gasteiger charge is 2.26. The number of nitrogens with one attached hydrogen (secondary N) is 2. The van der Waals surface area contributed by atoms with Gasteiger partial charge in [-0.3, -0.25) is 9.89 Å². The van der Waals surface area contributed by atoms with Gasteiger partial charge in [0.25, 0.3) is 5.91 Å². The minimum absolute atomic E-state index is 0.301. The van der Waals surface area contributed by atoms with Crippen LogP contribution >= 0.6 is 0 Å². The number of nitrogens with zero attached hydrogens (tertiary/aromatic N) is 6. The molecule has 0 aromatic carbocycles. The molecule has 5 rings (SSSR count). The summed E-state index contributed by atoms with van der Waals surface area (Å²) in [5.41, 5.74) is 3.86. The fourth-order valence-electron chi connectivity index (χ4n) is 4.45. The Hall–Kier alpha value is -3.85. The average Bonchev–Trinajstić information content (AvgIpc) is 3.56. The van der Waals surface area contributed by atoms with Gasteiger partial charge in [-0.25, -0.2) is 9.97 Å². The molecule has 1 amide bonds. The summed E-state index contributed by atoms with van der Waals surface area (Å²) in [5, 5.41) is 14.7. The van der Waals surface area contributed by atoms with Crippen molar-refractivity contribution >= 4 is 11.7 Å². The van der Waals surface area contributed by atoms with Crippen LogP contribution in [0.1, 0.15) is 54.4 Å². The lowest BCUT2D eigenvalue weighted by atomic mass is 9.93. The first-order valence-corrected chi connectivity index (χ1v) is 12.0. The van der Waals surface area contributed by atoms with E-state index in [0.29, 0.717) is 35.0 Å². The number of H-pyrrole nitrogens is 1. The molecular formula is C26H30N8O. The minimum atomic E-state index is -0.301. The van der Waals surface area contributed by atoms with E-state index in [1.54, 1.807) is 29.3 Å². The number of rotatable bonds is 6. The molecule has 0 unspecified atom stereocenters. The van der Waals surface area contributed by atoms with E-state index in [0.717, 1.165) is 42.8 Å². The Morgan fingerprint density at radius 3 is 2.66 bits per heavy atom. The second-order valence-corrected chi connectivity index (χ2v) is 9.31. The summed E-state index contributed by atoms with van der Waals surface area (Å²) in [4.78, 5) is 24.8. The van der Waals surface area contributed by atoms with Crippen molar-refractivity contribution < 1.29 is 4.79 Å². The SMILES string of the molecule is Cc1ccc(-n2nc(C3CCN(C(C)C)CC3)cc2NC(=O)c2cccc(-c3cn[nH]c3)n2)nc1. The van der Waals surface area contributed by atoms with Gasteiger partial charge in [0.1, 0.15) is 11.5 Å². The smallest absolute Gasteiger partial charge is 0.275 e. The minimum Gasteiger partial charge on any atom is -0.305 e. The third kappa shape index (κ3) is 5.00. The third-order valence-corrected chi connectivity index (χ3v) is 6.54. The number of hydrogen-bond acceptors (Lipinski definition) is 6. The Morgan fingerprint density at radius 2 is 1.97 bits per heavy atom. The van der Waals surface area contributed by atoms with E-state index in [-0.39, 0.29) is 5.91 Å². The standard InChI is InChI=1S/C26H30N8O/c1-17(2)33-11-9-19(10-12-33)23-13-25(34(32-23)24-8-7-18(3)14-27-24)31-26(35)22-6-4-5-21(30-22)20-15-28-29-16-20/h4-8,13-17,19H,9-12H2,1-3H3,(H,28,29)(H,31,35). The van der Waals surface area contributed by atoms with Crippen LogP contribution in [0.2, 0.25) is 0 Å². The second-order valence-electron chi connectivity index (χ2n) is 9.31. The van der Waals surface area contributed by atoms with Gasteiger partial charge in [0.15, 0.2) is 5.82 Å². The summed E-state index contributed by atoms with van der Waals surface area (Å²) in [5.74, 6) is 1.29. The Bertz CT molecular complexity index is 1290.